The van der Waals surface area contributed by atoms with E-state index in [0.717, 1.165) is 0 Å². The first-order valence-electron chi connectivity index (χ1n) is 3.60. The number of hydrogen-bond donors (Lipinski definition) is 2. The Morgan fingerprint density at radius 2 is 1.91 bits per heavy atom. The number of ketones is 1. The van der Waals surface area contributed by atoms with Gasteiger partial charge in [0.05, 0.1) is 5.76 Å². The SMILES string of the molecule is CC(=O)/C(CCCO)=C(\C)O. The molecule has 2 N–H and O–H groups in total. The second-order valence-electron chi connectivity index (χ2n) is 2.45. The fourth-order valence-corrected chi connectivity index (χ4v) is 0.868. The number of carbonyl (C=O) groups is 1. The molecule has 0 spiro atoms. The van der Waals surface area contributed by atoms with Crippen molar-refractivity contribution in [2.75, 3.05) is 6.61 Å². The topological polar surface area (TPSA) is 57.5 Å². The lowest BCUT2D eigenvalue weighted by atomic mass is 10.1. The fraction of sp³-hybridized carbons (Fsp3) is 0.625. The summed E-state index contributed by atoms with van der Waals surface area (Å²) in [6.07, 6.45) is 0.973. The van der Waals surface area contributed by atoms with E-state index in [4.69, 9.17) is 10.2 Å². The molecule has 0 atom stereocenters. The molecule has 0 heterocycles. The average Bonchev–Trinajstić information content (AvgIpc) is 1.87. The van der Waals surface area contributed by atoms with Crippen LogP contribution in [0.15, 0.2) is 11.3 Å². The first-order chi connectivity index (χ1) is 5.09. The summed E-state index contributed by atoms with van der Waals surface area (Å²) in [5.41, 5.74) is 0.416. The normalized spacial score (nSPS) is 12.6. The summed E-state index contributed by atoms with van der Waals surface area (Å²) >= 11 is 0. The monoisotopic (exact) mass is 158 g/mol. The molecule has 0 aliphatic rings. The van der Waals surface area contributed by atoms with Gasteiger partial charge < -0.3 is 10.2 Å². The molecular formula is C8H14O3. The van der Waals surface area contributed by atoms with Gasteiger partial charge in [0.1, 0.15) is 0 Å². The minimum absolute atomic E-state index is 0.0457. The van der Waals surface area contributed by atoms with E-state index in [-0.39, 0.29) is 18.1 Å². The van der Waals surface area contributed by atoms with Crippen LogP contribution in [0.3, 0.4) is 0 Å². The van der Waals surface area contributed by atoms with Crippen LogP contribution in [0, 0.1) is 0 Å². The number of hydrogen-bond acceptors (Lipinski definition) is 3. The second-order valence-corrected chi connectivity index (χ2v) is 2.45. The molecule has 0 aliphatic carbocycles. The Labute approximate surface area is 66.4 Å². The van der Waals surface area contributed by atoms with Crippen molar-refractivity contribution >= 4 is 5.78 Å². The largest absolute Gasteiger partial charge is 0.512 e. The highest BCUT2D eigenvalue weighted by Crippen LogP contribution is 2.09. The molecule has 0 fully saturated rings. The van der Waals surface area contributed by atoms with Crippen LogP contribution in [-0.4, -0.2) is 22.6 Å². The van der Waals surface area contributed by atoms with Crippen molar-refractivity contribution in [3.8, 4) is 0 Å². The van der Waals surface area contributed by atoms with E-state index < -0.39 is 0 Å². The van der Waals surface area contributed by atoms with Gasteiger partial charge in [0.2, 0.25) is 0 Å². The molecule has 0 rings (SSSR count). The predicted molar refractivity (Wildman–Crippen MR) is 42.3 cm³/mol. The van der Waals surface area contributed by atoms with E-state index in [1.807, 2.05) is 0 Å². The van der Waals surface area contributed by atoms with Crippen molar-refractivity contribution in [1.82, 2.24) is 0 Å². The third kappa shape index (κ3) is 3.78. The van der Waals surface area contributed by atoms with E-state index in [9.17, 15) is 4.79 Å². The van der Waals surface area contributed by atoms with Crippen molar-refractivity contribution in [2.24, 2.45) is 0 Å². The zero-order valence-corrected chi connectivity index (χ0v) is 6.92. The molecule has 0 unspecified atom stereocenters. The maximum Gasteiger partial charge on any atom is 0.159 e. The van der Waals surface area contributed by atoms with Crippen molar-refractivity contribution in [2.45, 2.75) is 26.7 Å². The van der Waals surface area contributed by atoms with Crippen LogP contribution in [-0.2, 0) is 4.79 Å². The van der Waals surface area contributed by atoms with Crippen LogP contribution in [0.4, 0.5) is 0 Å². The number of Topliss-reactive ketones (excluding diaryl/α,β-unsaturated/α-hetero) is 1. The van der Waals surface area contributed by atoms with Gasteiger partial charge in [-0.1, -0.05) is 0 Å². The third-order valence-electron chi connectivity index (χ3n) is 1.45. The lowest BCUT2D eigenvalue weighted by Gasteiger charge is -2.02. The van der Waals surface area contributed by atoms with Crippen LogP contribution >= 0.6 is 0 Å². The van der Waals surface area contributed by atoms with E-state index >= 15 is 0 Å². The van der Waals surface area contributed by atoms with Crippen molar-refractivity contribution in [1.29, 1.82) is 0 Å². The van der Waals surface area contributed by atoms with Gasteiger partial charge >= 0.3 is 0 Å². The Bertz CT molecular complexity index is 166. The molecule has 0 aromatic heterocycles. The van der Waals surface area contributed by atoms with E-state index in [2.05, 4.69) is 0 Å². The van der Waals surface area contributed by atoms with Crippen LogP contribution in [0.1, 0.15) is 26.7 Å². The summed E-state index contributed by atoms with van der Waals surface area (Å²) in [6.45, 7) is 2.94. The molecule has 0 saturated heterocycles. The minimum Gasteiger partial charge on any atom is -0.512 e. The van der Waals surface area contributed by atoms with Crippen molar-refractivity contribution in [3.05, 3.63) is 11.3 Å². The van der Waals surface area contributed by atoms with E-state index in [0.29, 0.717) is 18.4 Å². The number of aliphatic hydroxyl groups is 2. The molecular weight excluding hydrogens is 144 g/mol. The zero-order chi connectivity index (χ0) is 8.85. The molecule has 3 nitrogen and oxygen atoms in total. The maximum atomic E-state index is 10.8. The van der Waals surface area contributed by atoms with Gasteiger partial charge in [0.15, 0.2) is 5.78 Å². The van der Waals surface area contributed by atoms with Crippen LogP contribution in [0.5, 0.6) is 0 Å². The Balaban J connectivity index is 4.14. The van der Waals surface area contributed by atoms with Crippen molar-refractivity contribution < 1.29 is 15.0 Å². The Morgan fingerprint density at radius 3 is 2.18 bits per heavy atom. The number of allylic oxidation sites excluding steroid dienone is 2. The van der Waals surface area contributed by atoms with Crippen molar-refractivity contribution in [3.63, 3.8) is 0 Å². The molecule has 0 bridgehead atoms. The van der Waals surface area contributed by atoms with Gasteiger partial charge in [-0.25, -0.2) is 0 Å². The quantitative estimate of drug-likeness (QED) is 0.477. The Hall–Kier alpha value is -0.830. The van der Waals surface area contributed by atoms with E-state index in [1.54, 1.807) is 0 Å². The summed E-state index contributed by atoms with van der Waals surface area (Å²) in [4.78, 5) is 10.8. The lowest BCUT2D eigenvalue weighted by Crippen LogP contribution is -2.01. The molecule has 0 aromatic carbocycles. The van der Waals surface area contributed by atoms with Gasteiger partial charge in [-0.05, 0) is 26.7 Å². The predicted octanol–water partition coefficient (Wildman–Crippen LogP) is 1.18. The molecule has 11 heavy (non-hydrogen) atoms. The summed E-state index contributed by atoms with van der Waals surface area (Å²) in [7, 11) is 0. The van der Waals surface area contributed by atoms with Crippen LogP contribution in [0.2, 0.25) is 0 Å². The summed E-state index contributed by atoms with van der Waals surface area (Å²) in [6, 6.07) is 0. The lowest BCUT2D eigenvalue weighted by molar-refractivity contribution is -0.113. The number of rotatable bonds is 4. The van der Waals surface area contributed by atoms with Gasteiger partial charge in [-0.3, -0.25) is 4.79 Å². The molecule has 0 aliphatic heterocycles. The first-order valence-corrected chi connectivity index (χ1v) is 3.60. The zero-order valence-electron chi connectivity index (χ0n) is 6.92. The van der Waals surface area contributed by atoms with Gasteiger partial charge in [0.25, 0.3) is 0 Å². The smallest absolute Gasteiger partial charge is 0.159 e. The molecule has 0 amide bonds. The molecule has 0 aromatic rings. The Morgan fingerprint density at radius 1 is 1.36 bits per heavy atom. The number of aliphatic hydroxyl groups excluding tert-OH is 2. The molecule has 0 radical (unpaired) electrons. The van der Waals surface area contributed by atoms with Gasteiger partial charge in [0, 0.05) is 12.2 Å². The fourth-order valence-electron chi connectivity index (χ4n) is 0.868. The van der Waals surface area contributed by atoms with Crippen LogP contribution < -0.4 is 0 Å². The van der Waals surface area contributed by atoms with E-state index in [1.165, 1.54) is 13.8 Å². The highest BCUT2D eigenvalue weighted by molar-refractivity contribution is 5.93. The highest BCUT2D eigenvalue weighted by atomic mass is 16.3. The maximum absolute atomic E-state index is 10.8. The first kappa shape index (κ1) is 10.2. The van der Waals surface area contributed by atoms with Crippen LogP contribution in [0.25, 0.3) is 0 Å². The minimum atomic E-state index is -0.126. The summed E-state index contributed by atoms with van der Waals surface area (Å²) in [5, 5.41) is 17.4. The average molecular weight is 158 g/mol. The third-order valence-corrected chi connectivity index (χ3v) is 1.45. The highest BCUT2D eigenvalue weighted by Gasteiger charge is 2.06. The standard InChI is InChI=1S/C8H14O3/c1-6(10)8(7(2)11)4-3-5-9/h9-10H,3-5H2,1-2H3/b8-6+. The summed E-state index contributed by atoms with van der Waals surface area (Å²) in [5.74, 6) is -0.0654. The summed E-state index contributed by atoms with van der Waals surface area (Å²) < 4.78 is 0. The molecule has 3 heteroatoms. The molecule has 64 valence electrons. The second kappa shape index (κ2) is 4.91. The van der Waals surface area contributed by atoms with Gasteiger partial charge in [-0.15, -0.1) is 0 Å². The molecule has 0 saturated carbocycles. The Kier molecular flexibility index (Phi) is 4.54. The number of carbonyl (C=O) groups excluding carboxylic acids is 1. The van der Waals surface area contributed by atoms with Gasteiger partial charge in [-0.2, -0.15) is 0 Å².